The third kappa shape index (κ3) is 4.31. The zero-order valence-electron chi connectivity index (χ0n) is 17.6. The Bertz CT molecular complexity index is 989. The number of hydrogen-bond donors (Lipinski definition) is 1. The van der Waals surface area contributed by atoms with Crippen LogP contribution in [0.3, 0.4) is 0 Å². The molecule has 0 atom stereocenters. The SMILES string of the molecule is CN(C)c1ccc(-c2nc3ccc(O[C@H]4C[C@H](OC5CCNCC5)C4)cc3s2)cc1. The fraction of sp³-hybridized carbons (Fsp3) is 0.458. The molecule has 0 bridgehead atoms. The first-order chi connectivity index (χ1) is 14.6. The van der Waals surface area contributed by atoms with Crippen molar-refractivity contribution in [2.24, 2.45) is 0 Å². The molecule has 30 heavy (non-hydrogen) atoms. The molecule has 5 nitrogen and oxygen atoms in total. The number of ether oxygens (including phenoxy) is 2. The van der Waals surface area contributed by atoms with Gasteiger partial charge in [-0.1, -0.05) is 0 Å². The second-order valence-corrected chi connectivity index (χ2v) is 9.54. The number of rotatable bonds is 6. The molecule has 1 aliphatic carbocycles. The van der Waals surface area contributed by atoms with Gasteiger partial charge in [0.2, 0.25) is 0 Å². The van der Waals surface area contributed by atoms with Crippen LogP contribution in [0.2, 0.25) is 0 Å². The lowest BCUT2D eigenvalue weighted by Crippen LogP contribution is -2.43. The van der Waals surface area contributed by atoms with E-state index in [1.807, 2.05) is 6.07 Å². The molecular formula is C24H29N3O2S. The van der Waals surface area contributed by atoms with Crippen molar-refractivity contribution in [1.29, 1.82) is 0 Å². The van der Waals surface area contributed by atoms with Crippen LogP contribution in [0, 0.1) is 0 Å². The number of hydrogen-bond acceptors (Lipinski definition) is 6. The Morgan fingerprint density at radius 1 is 0.967 bits per heavy atom. The molecule has 5 rings (SSSR count). The molecule has 1 N–H and O–H groups in total. The van der Waals surface area contributed by atoms with E-state index < -0.39 is 0 Å². The third-order valence-corrected chi connectivity index (χ3v) is 7.08. The minimum Gasteiger partial charge on any atom is -0.490 e. The monoisotopic (exact) mass is 423 g/mol. The highest BCUT2D eigenvalue weighted by atomic mass is 32.1. The maximum atomic E-state index is 6.22. The minimum atomic E-state index is 0.264. The zero-order valence-corrected chi connectivity index (χ0v) is 18.5. The molecule has 1 aliphatic heterocycles. The minimum absolute atomic E-state index is 0.264. The average Bonchev–Trinajstić information content (AvgIpc) is 3.16. The molecule has 2 fully saturated rings. The number of nitrogens with one attached hydrogen (secondary N) is 1. The summed E-state index contributed by atoms with van der Waals surface area (Å²) in [5, 5.41) is 4.44. The molecule has 0 amide bonds. The predicted molar refractivity (Wildman–Crippen MR) is 124 cm³/mol. The molecular weight excluding hydrogens is 394 g/mol. The molecule has 1 saturated carbocycles. The van der Waals surface area contributed by atoms with Gasteiger partial charge in [0.05, 0.1) is 22.4 Å². The van der Waals surface area contributed by atoms with E-state index in [0.717, 1.165) is 60.6 Å². The summed E-state index contributed by atoms with van der Waals surface area (Å²) >= 11 is 1.72. The molecule has 0 radical (unpaired) electrons. The normalized spacial score (nSPS) is 22.1. The van der Waals surface area contributed by atoms with Crippen LogP contribution in [0.15, 0.2) is 42.5 Å². The molecule has 2 heterocycles. The summed E-state index contributed by atoms with van der Waals surface area (Å²) in [5.74, 6) is 0.936. The highest BCUT2D eigenvalue weighted by Crippen LogP contribution is 2.35. The summed E-state index contributed by atoms with van der Waals surface area (Å²) in [7, 11) is 4.11. The Kier molecular flexibility index (Phi) is 5.63. The van der Waals surface area contributed by atoms with Gasteiger partial charge in [-0.05, 0) is 68.4 Å². The van der Waals surface area contributed by atoms with Crippen molar-refractivity contribution in [3.05, 3.63) is 42.5 Å². The van der Waals surface area contributed by atoms with Gasteiger partial charge in [-0.3, -0.25) is 0 Å². The summed E-state index contributed by atoms with van der Waals surface area (Å²) in [4.78, 5) is 6.92. The van der Waals surface area contributed by atoms with Gasteiger partial charge in [-0.25, -0.2) is 4.98 Å². The van der Waals surface area contributed by atoms with E-state index in [4.69, 9.17) is 14.5 Å². The van der Waals surface area contributed by atoms with E-state index in [0.29, 0.717) is 12.2 Å². The molecule has 3 aromatic rings. The fourth-order valence-corrected chi connectivity index (χ4v) is 5.12. The highest BCUT2D eigenvalue weighted by Gasteiger charge is 2.34. The summed E-state index contributed by atoms with van der Waals surface area (Å²) < 4.78 is 13.6. The van der Waals surface area contributed by atoms with E-state index >= 15 is 0 Å². The van der Waals surface area contributed by atoms with E-state index in [2.05, 4.69) is 60.7 Å². The lowest BCUT2D eigenvalue weighted by Gasteiger charge is -2.38. The van der Waals surface area contributed by atoms with Crippen LogP contribution < -0.4 is 15.0 Å². The molecule has 6 heteroatoms. The van der Waals surface area contributed by atoms with Gasteiger partial charge in [0.15, 0.2) is 0 Å². The first-order valence-corrected chi connectivity index (χ1v) is 11.7. The van der Waals surface area contributed by atoms with Crippen molar-refractivity contribution in [1.82, 2.24) is 10.3 Å². The van der Waals surface area contributed by atoms with Gasteiger partial charge >= 0.3 is 0 Å². The summed E-state index contributed by atoms with van der Waals surface area (Å²) in [6, 6.07) is 14.8. The zero-order chi connectivity index (χ0) is 20.5. The highest BCUT2D eigenvalue weighted by molar-refractivity contribution is 7.21. The van der Waals surface area contributed by atoms with Crippen LogP contribution in [-0.4, -0.2) is 50.5 Å². The molecule has 0 unspecified atom stereocenters. The number of nitrogens with zero attached hydrogens (tertiary/aromatic N) is 2. The lowest BCUT2D eigenvalue weighted by atomic mass is 9.91. The molecule has 158 valence electrons. The second kappa shape index (κ2) is 8.53. The number of benzene rings is 2. The largest absolute Gasteiger partial charge is 0.490 e. The second-order valence-electron chi connectivity index (χ2n) is 8.51. The van der Waals surface area contributed by atoms with Crippen molar-refractivity contribution in [2.75, 3.05) is 32.1 Å². The van der Waals surface area contributed by atoms with Gasteiger partial charge < -0.3 is 19.7 Å². The number of piperidine rings is 1. The molecule has 1 saturated heterocycles. The number of anilines is 1. The van der Waals surface area contributed by atoms with Gasteiger partial charge in [0, 0.05) is 38.2 Å². The van der Waals surface area contributed by atoms with Gasteiger partial charge in [-0.2, -0.15) is 0 Å². The van der Waals surface area contributed by atoms with Crippen LogP contribution in [0.5, 0.6) is 5.75 Å². The number of fused-ring (bicyclic) bond motifs is 1. The standard InChI is InChI=1S/C24H29N3O2S/c1-27(2)17-5-3-16(4-6-17)24-26-22-8-7-19(15-23(22)30-24)29-21-13-20(14-21)28-18-9-11-25-12-10-18/h3-8,15,18,20-21,25H,9-14H2,1-2H3/t20-,21-. The quantitative estimate of drug-likeness (QED) is 0.622. The number of aromatic nitrogens is 1. The topological polar surface area (TPSA) is 46.6 Å². The molecule has 2 aliphatic rings. The third-order valence-electron chi connectivity index (χ3n) is 6.02. The van der Waals surface area contributed by atoms with Crippen LogP contribution >= 0.6 is 11.3 Å². The van der Waals surface area contributed by atoms with Crippen LogP contribution in [-0.2, 0) is 4.74 Å². The molecule has 2 aromatic carbocycles. The van der Waals surface area contributed by atoms with Gasteiger partial charge in [0.25, 0.3) is 0 Å². The summed E-state index contributed by atoms with van der Waals surface area (Å²) in [6.45, 7) is 2.15. The average molecular weight is 424 g/mol. The van der Waals surface area contributed by atoms with Crippen molar-refractivity contribution in [2.45, 2.75) is 44.0 Å². The van der Waals surface area contributed by atoms with E-state index in [1.165, 1.54) is 10.4 Å². The molecule has 1 aromatic heterocycles. The van der Waals surface area contributed by atoms with Gasteiger partial charge in [0.1, 0.15) is 16.9 Å². The molecule has 0 spiro atoms. The van der Waals surface area contributed by atoms with Crippen LogP contribution in [0.4, 0.5) is 5.69 Å². The summed E-state index contributed by atoms with van der Waals surface area (Å²) in [5.41, 5.74) is 3.37. The maximum Gasteiger partial charge on any atom is 0.124 e. The Hall–Kier alpha value is -2.15. The Balaban J connectivity index is 1.20. The lowest BCUT2D eigenvalue weighted by molar-refractivity contribution is -0.103. The number of thiazole rings is 1. The summed E-state index contributed by atoms with van der Waals surface area (Å²) in [6.07, 6.45) is 5.30. The fourth-order valence-electron chi connectivity index (χ4n) is 4.12. The van der Waals surface area contributed by atoms with Crippen molar-refractivity contribution in [3.8, 4) is 16.3 Å². The Labute approximate surface area is 182 Å². The first kappa shape index (κ1) is 19.8. The van der Waals surface area contributed by atoms with Gasteiger partial charge in [-0.15, -0.1) is 11.3 Å². The smallest absolute Gasteiger partial charge is 0.124 e. The van der Waals surface area contributed by atoms with Crippen LogP contribution in [0.25, 0.3) is 20.8 Å². The maximum absolute atomic E-state index is 6.22. The van der Waals surface area contributed by atoms with E-state index in [1.54, 1.807) is 11.3 Å². The predicted octanol–water partition coefficient (Wildman–Crippen LogP) is 4.71. The van der Waals surface area contributed by atoms with Crippen molar-refractivity contribution < 1.29 is 9.47 Å². The van der Waals surface area contributed by atoms with E-state index in [-0.39, 0.29) is 6.10 Å². The van der Waals surface area contributed by atoms with Crippen LogP contribution in [0.1, 0.15) is 25.7 Å². The van der Waals surface area contributed by atoms with Crippen molar-refractivity contribution >= 4 is 27.2 Å². The first-order valence-electron chi connectivity index (χ1n) is 10.9. The van der Waals surface area contributed by atoms with E-state index in [9.17, 15) is 0 Å². The Morgan fingerprint density at radius 2 is 1.73 bits per heavy atom. The Morgan fingerprint density at radius 3 is 2.47 bits per heavy atom. The van der Waals surface area contributed by atoms with Crippen molar-refractivity contribution in [3.63, 3.8) is 0 Å².